The van der Waals surface area contributed by atoms with Gasteiger partial charge in [-0.05, 0) is 32.5 Å². The summed E-state index contributed by atoms with van der Waals surface area (Å²) in [5.74, 6) is -0.0923. The van der Waals surface area contributed by atoms with E-state index in [9.17, 15) is 9.90 Å². The Hall–Kier alpha value is -1.47. The zero-order valence-electron chi connectivity index (χ0n) is 14.4. The van der Waals surface area contributed by atoms with E-state index in [0.717, 1.165) is 38.9 Å². The molecule has 0 spiro atoms. The van der Waals surface area contributed by atoms with E-state index in [0.29, 0.717) is 13.1 Å². The van der Waals surface area contributed by atoms with E-state index in [1.54, 1.807) is 4.57 Å². The third-order valence-electron chi connectivity index (χ3n) is 3.98. The molecule has 0 atom stereocenters. The van der Waals surface area contributed by atoms with Gasteiger partial charge in [-0.1, -0.05) is 13.3 Å². The van der Waals surface area contributed by atoms with Crippen LogP contribution in [0.2, 0.25) is 0 Å². The summed E-state index contributed by atoms with van der Waals surface area (Å²) < 4.78 is 1.81. The maximum Gasteiger partial charge on any atom is 0.264 e. The van der Waals surface area contributed by atoms with Crippen molar-refractivity contribution >= 4 is 18.4 Å². The number of nitrogens with zero attached hydrogens (tertiary/aromatic N) is 2. The molecule has 1 aromatic heterocycles. The van der Waals surface area contributed by atoms with Crippen LogP contribution >= 0.6 is 12.2 Å². The van der Waals surface area contributed by atoms with Crippen LogP contribution in [0.5, 0.6) is 5.88 Å². The van der Waals surface area contributed by atoms with Crippen LogP contribution in [0.15, 0.2) is 9.79 Å². The number of nitrogens with one attached hydrogen (secondary N) is 2. The molecule has 0 bridgehead atoms. The largest absolute Gasteiger partial charge is 0.494 e. The molecule has 0 radical (unpaired) electrons. The average Bonchev–Trinajstić information content (AvgIpc) is 2.53. The molecule has 0 fully saturated rings. The smallest absolute Gasteiger partial charge is 0.264 e. The summed E-state index contributed by atoms with van der Waals surface area (Å²) in [5.41, 5.74) is -0.205. The van der Waals surface area contributed by atoms with Crippen LogP contribution in [-0.2, 0) is 6.54 Å². The number of aromatic hydroxyl groups is 1. The number of aromatic nitrogens is 2. The fraction of sp³-hybridized carbons (Fsp3) is 0.688. The lowest BCUT2D eigenvalue weighted by Gasteiger charge is -2.14. The summed E-state index contributed by atoms with van der Waals surface area (Å²) in [5, 5.41) is 10.3. The minimum Gasteiger partial charge on any atom is -0.494 e. The Bertz CT molecular complexity index is 617. The first kappa shape index (κ1) is 19.6. The van der Waals surface area contributed by atoms with Gasteiger partial charge in [-0.2, -0.15) is 0 Å². The van der Waals surface area contributed by atoms with E-state index in [2.05, 4.69) is 30.7 Å². The van der Waals surface area contributed by atoms with Crippen LogP contribution in [0.25, 0.3) is 0 Å². The molecule has 0 amide bonds. The third kappa shape index (κ3) is 5.91. The molecule has 1 heterocycles. The lowest BCUT2D eigenvalue weighted by Crippen LogP contribution is -3.11. The van der Waals surface area contributed by atoms with Crippen molar-refractivity contribution in [1.82, 2.24) is 9.55 Å². The van der Waals surface area contributed by atoms with E-state index in [4.69, 9.17) is 12.2 Å². The van der Waals surface area contributed by atoms with E-state index >= 15 is 0 Å². The Morgan fingerprint density at radius 2 is 2.00 bits per heavy atom. The first-order valence-corrected chi connectivity index (χ1v) is 8.85. The highest BCUT2D eigenvalue weighted by Gasteiger charge is 2.10. The first-order valence-electron chi connectivity index (χ1n) is 8.44. The van der Waals surface area contributed by atoms with Gasteiger partial charge in [-0.15, -0.1) is 0 Å². The predicted octanol–water partition coefficient (Wildman–Crippen LogP) is 1.15. The molecule has 7 heteroatoms. The van der Waals surface area contributed by atoms with Crippen molar-refractivity contribution in [1.29, 1.82) is 0 Å². The number of hydrogen-bond donors (Lipinski definition) is 3. The lowest BCUT2D eigenvalue weighted by atomic mass is 10.3. The fourth-order valence-corrected chi connectivity index (χ4v) is 2.67. The van der Waals surface area contributed by atoms with Crippen LogP contribution in [0.3, 0.4) is 0 Å². The average molecular weight is 342 g/mol. The molecule has 130 valence electrons. The van der Waals surface area contributed by atoms with Crippen molar-refractivity contribution in [3.8, 4) is 5.88 Å². The number of aromatic amines is 1. The van der Waals surface area contributed by atoms with Crippen molar-refractivity contribution in [2.45, 2.75) is 46.6 Å². The van der Waals surface area contributed by atoms with Gasteiger partial charge in [0.15, 0.2) is 4.77 Å². The van der Waals surface area contributed by atoms with Gasteiger partial charge in [0.2, 0.25) is 5.88 Å². The maximum atomic E-state index is 12.0. The topological polar surface area (TPSA) is 74.8 Å². The molecular formula is C16H29N4O2S+. The summed E-state index contributed by atoms with van der Waals surface area (Å²) in [6.07, 6.45) is 4.29. The van der Waals surface area contributed by atoms with Gasteiger partial charge in [0.1, 0.15) is 5.56 Å². The zero-order chi connectivity index (χ0) is 17.2. The Kier molecular flexibility index (Phi) is 8.79. The van der Waals surface area contributed by atoms with Crippen molar-refractivity contribution < 1.29 is 10.0 Å². The van der Waals surface area contributed by atoms with Gasteiger partial charge in [-0.25, -0.2) is 0 Å². The second-order valence-corrected chi connectivity index (χ2v) is 5.98. The number of rotatable bonds is 10. The van der Waals surface area contributed by atoms with Gasteiger partial charge in [-0.3, -0.25) is 19.3 Å². The zero-order valence-corrected chi connectivity index (χ0v) is 15.2. The summed E-state index contributed by atoms with van der Waals surface area (Å²) in [7, 11) is 0. The van der Waals surface area contributed by atoms with Gasteiger partial charge in [0.05, 0.1) is 19.6 Å². The van der Waals surface area contributed by atoms with Crippen LogP contribution in [0, 0.1) is 4.77 Å². The van der Waals surface area contributed by atoms with Crippen LogP contribution < -0.4 is 10.5 Å². The predicted molar refractivity (Wildman–Crippen MR) is 96.4 cm³/mol. The SMILES string of the molecule is CCCCn1c(O)c(C=NCCC[NH+](CC)CC)c(=O)[nH]c1=S. The van der Waals surface area contributed by atoms with E-state index in [1.807, 2.05) is 0 Å². The van der Waals surface area contributed by atoms with Gasteiger partial charge >= 0.3 is 0 Å². The minimum atomic E-state index is -0.390. The summed E-state index contributed by atoms with van der Waals surface area (Å²) in [6, 6.07) is 0. The van der Waals surface area contributed by atoms with E-state index < -0.39 is 5.56 Å². The number of quaternary nitrogens is 1. The highest BCUT2D eigenvalue weighted by molar-refractivity contribution is 7.71. The number of unbranched alkanes of at least 4 members (excludes halogenated alkanes) is 1. The Balaban J connectivity index is 2.78. The molecule has 3 N–H and O–H groups in total. The Morgan fingerprint density at radius 1 is 1.30 bits per heavy atom. The Morgan fingerprint density at radius 3 is 2.61 bits per heavy atom. The van der Waals surface area contributed by atoms with Crippen molar-refractivity contribution in [3.05, 3.63) is 20.7 Å². The molecule has 1 aromatic rings. The molecule has 0 aliphatic rings. The summed E-state index contributed by atoms with van der Waals surface area (Å²) >= 11 is 5.11. The molecule has 1 rings (SSSR count). The van der Waals surface area contributed by atoms with Gasteiger partial charge < -0.3 is 10.0 Å². The molecule has 0 aliphatic heterocycles. The number of H-pyrrole nitrogens is 1. The highest BCUT2D eigenvalue weighted by Crippen LogP contribution is 2.12. The summed E-state index contributed by atoms with van der Waals surface area (Å²) in [6.45, 7) is 10.9. The maximum absolute atomic E-state index is 12.0. The van der Waals surface area contributed by atoms with Crippen molar-refractivity contribution in [2.24, 2.45) is 4.99 Å². The lowest BCUT2D eigenvalue weighted by molar-refractivity contribution is -0.896. The van der Waals surface area contributed by atoms with Crippen LogP contribution in [0.4, 0.5) is 0 Å². The van der Waals surface area contributed by atoms with Crippen LogP contribution in [0.1, 0.15) is 45.6 Å². The molecule has 23 heavy (non-hydrogen) atoms. The fourth-order valence-electron chi connectivity index (χ4n) is 2.39. The van der Waals surface area contributed by atoms with Gasteiger partial charge in [0.25, 0.3) is 5.56 Å². The van der Waals surface area contributed by atoms with Crippen molar-refractivity contribution in [2.75, 3.05) is 26.2 Å². The quantitative estimate of drug-likeness (QED) is 0.339. The van der Waals surface area contributed by atoms with E-state index in [-0.39, 0.29) is 16.2 Å². The number of aliphatic imine (C=N–C) groups is 1. The second-order valence-electron chi connectivity index (χ2n) is 5.60. The van der Waals surface area contributed by atoms with E-state index in [1.165, 1.54) is 11.1 Å². The second kappa shape index (κ2) is 10.3. The molecule has 0 saturated carbocycles. The van der Waals surface area contributed by atoms with Crippen molar-refractivity contribution in [3.63, 3.8) is 0 Å². The minimum absolute atomic E-state index is 0.0923. The van der Waals surface area contributed by atoms with Crippen LogP contribution in [-0.4, -0.2) is 47.1 Å². The first-order chi connectivity index (χ1) is 11.0. The molecule has 0 unspecified atom stereocenters. The molecule has 0 saturated heterocycles. The number of hydrogen-bond acceptors (Lipinski definition) is 4. The standard InChI is InChI=1S/C16H28N4O2S/c1-4-7-11-20-15(22)13(14(21)18-16(20)23)12-17-9-8-10-19(5-2)6-3/h12,22H,4-11H2,1-3H3,(H,18,21,23)/p+1. The van der Waals surface area contributed by atoms with Gasteiger partial charge in [0, 0.05) is 25.7 Å². The summed E-state index contributed by atoms with van der Waals surface area (Å²) in [4.78, 5) is 20.4. The highest BCUT2D eigenvalue weighted by atomic mass is 32.1. The molecular weight excluding hydrogens is 312 g/mol. The monoisotopic (exact) mass is 341 g/mol. The Labute approximate surface area is 142 Å². The third-order valence-corrected chi connectivity index (χ3v) is 4.30. The molecule has 0 aliphatic carbocycles. The normalized spacial score (nSPS) is 11.7. The molecule has 0 aromatic carbocycles. The molecule has 6 nitrogen and oxygen atoms in total.